The minimum absolute atomic E-state index is 0. The summed E-state index contributed by atoms with van der Waals surface area (Å²) in [6, 6.07) is 34.6. The summed E-state index contributed by atoms with van der Waals surface area (Å²) in [6.07, 6.45) is 6.54. The summed E-state index contributed by atoms with van der Waals surface area (Å²) in [4.78, 5) is 16.4. The predicted octanol–water partition coefficient (Wildman–Crippen LogP) is 7.71. The Morgan fingerprint density at radius 1 is 0.426 bits per heavy atom. The Balaban J connectivity index is 0.000000192. The molecule has 0 aliphatic heterocycles. The molecule has 0 aliphatic carbocycles. The van der Waals surface area contributed by atoms with Crippen LogP contribution in [0.25, 0.3) is 20.8 Å². The van der Waals surface area contributed by atoms with Crippen LogP contribution in [0.1, 0.15) is 11.1 Å². The van der Waals surface area contributed by atoms with E-state index in [1.165, 1.54) is 36.7 Å². The molecule has 6 rings (SSSR count). The number of aromatic nitrogens is 4. The Labute approximate surface area is 288 Å². The molecule has 4 heterocycles. The van der Waals surface area contributed by atoms with Crippen molar-refractivity contribution < 1.29 is 36.3 Å². The molecule has 4 aromatic heterocycles. The van der Waals surface area contributed by atoms with Crippen molar-refractivity contribution >= 4 is 31.7 Å². The average molecular weight is 716 g/mol. The van der Waals surface area contributed by atoms with Gasteiger partial charge in [0.15, 0.2) is 0 Å². The third kappa shape index (κ3) is 11.8. The van der Waals surface area contributed by atoms with E-state index in [2.05, 4.69) is 29.4 Å². The van der Waals surface area contributed by atoms with Crippen LogP contribution in [0.5, 0.6) is 0 Å². The summed E-state index contributed by atoms with van der Waals surface area (Å²) in [6.45, 7) is 3.79. The Kier molecular flexibility index (Phi) is 13.8. The Morgan fingerprint density at radius 3 is 1.02 bits per heavy atom. The van der Waals surface area contributed by atoms with E-state index in [1.807, 2.05) is 50.2 Å². The molecule has 234 valence electrons. The second-order valence-electron chi connectivity index (χ2n) is 9.56. The Bertz CT molecular complexity index is 1860. The molecule has 0 saturated heterocycles. The van der Waals surface area contributed by atoms with Crippen LogP contribution in [-0.2, 0) is 39.5 Å². The topological polar surface area (TPSA) is 148 Å². The van der Waals surface area contributed by atoms with Crippen LogP contribution in [0.4, 0.5) is 11.6 Å². The quantitative estimate of drug-likeness (QED) is 0.153. The Hall–Kier alpha value is -4.84. The van der Waals surface area contributed by atoms with Gasteiger partial charge in [-0.2, -0.15) is 0 Å². The second-order valence-corrected chi connectivity index (χ2v) is 12.8. The van der Waals surface area contributed by atoms with Gasteiger partial charge in [0.2, 0.25) is 20.0 Å². The molecule has 6 aromatic rings. The maximum atomic E-state index is 11.9. The molecule has 0 saturated carbocycles. The van der Waals surface area contributed by atoms with E-state index in [4.69, 9.17) is 0 Å². The van der Waals surface area contributed by atoms with Crippen molar-refractivity contribution in [1.82, 2.24) is 19.9 Å². The molecule has 47 heavy (non-hydrogen) atoms. The molecule has 13 heteroatoms. The molecule has 0 atom stereocenters. The van der Waals surface area contributed by atoms with E-state index in [1.54, 1.807) is 73.1 Å². The van der Waals surface area contributed by atoms with Crippen LogP contribution in [0.2, 0.25) is 0 Å². The molecular formula is C34H30N6O4S2Zn. The summed E-state index contributed by atoms with van der Waals surface area (Å²) in [5.41, 5.74) is 3.83. The van der Waals surface area contributed by atoms with Crippen LogP contribution in [0, 0.1) is 13.8 Å². The van der Waals surface area contributed by atoms with Crippen LogP contribution < -0.4 is 0 Å². The summed E-state index contributed by atoms with van der Waals surface area (Å²) in [5.74, 6) is 0.376. The first-order valence-electron chi connectivity index (χ1n) is 13.9. The third-order valence-electron chi connectivity index (χ3n) is 5.96. The number of hydrogen-bond donors (Lipinski definition) is 0. The van der Waals surface area contributed by atoms with Crippen molar-refractivity contribution in [3.05, 3.63) is 167 Å². The molecule has 0 N–H and O–H groups in total. The predicted molar refractivity (Wildman–Crippen MR) is 179 cm³/mol. The minimum Gasteiger partial charge on any atom is -0.442 e. The molecule has 0 radical (unpaired) electrons. The van der Waals surface area contributed by atoms with Crippen molar-refractivity contribution in [1.29, 1.82) is 0 Å². The van der Waals surface area contributed by atoms with E-state index in [0.29, 0.717) is 0 Å². The van der Waals surface area contributed by atoms with Crippen molar-refractivity contribution in [2.24, 2.45) is 0 Å². The molecular weight excluding hydrogens is 686 g/mol. The zero-order chi connectivity index (χ0) is 32.8. The van der Waals surface area contributed by atoms with Crippen LogP contribution in [0.15, 0.2) is 156 Å². The SMILES string of the molecule is Cc1ccc(S(=O)(=O)[N-]c2ccccn2)cc1.Cc1ccc(S(=O)(=O)[N-]c2ccccn2)cc1.[Zn+2].c1ccc(-c2ccccn2)nc1. The monoisotopic (exact) mass is 714 g/mol. The van der Waals surface area contributed by atoms with Crippen molar-refractivity contribution in [2.45, 2.75) is 23.6 Å². The summed E-state index contributed by atoms with van der Waals surface area (Å²) in [5, 5.41) is 0. The molecule has 2 aromatic carbocycles. The minimum atomic E-state index is -3.67. The van der Waals surface area contributed by atoms with Crippen molar-refractivity contribution in [3.63, 3.8) is 0 Å². The molecule has 10 nitrogen and oxygen atoms in total. The molecule has 0 bridgehead atoms. The molecule has 0 spiro atoms. The van der Waals surface area contributed by atoms with Crippen molar-refractivity contribution in [2.75, 3.05) is 0 Å². The maximum Gasteiger partial charge on any atom is 2.00 e. The first-order chi connectivity index (χ1) is 22.1. The third-order valence-corrected chi connectivity index (χ3v) is 8.55. The first-order valence-corrected chi connectivity index (χ1v) is 16.7. The zero-order valence-electron chi connectivity index (χ0n) is 25.7. The fourth-order valence-electron chi connectivity index (χ4n) is 3.62. The average Bonchev–Trinajstić information content (AvgIpc) is 3.07. The van der Waals surface area contributed by atoms with Gasteiger partial charge in [-0.25, -0.2) is 16.8 Å². The second kappa shape index (κ2) is 17.7. The molecule has 0 unspecified atom stereocenters. The van der Waals surface area contributed by atoms with E-state index in [-0.39, 0.29) is 40.9 Å². The smallest absolute Gasteiger partial charge is 0.442 e. The van der Waals surface area contributed by atoms with E-state index < -0.39 is 20.0 Å². The van der Waals surface area contributed by atoms with Gasteiger partial charge in [-0.05, 0) is 74.0 Å². The number of rotatable bonds is 7. The largest absolute Gasteiger partial charge is 2.00 e. The normalized spacial score (nSPS) is 10.5. The van der Waals surface area contributed by atoms with Gasteiger partial charge in [0.1, 0.15) is 0 Å². The van der Waals surface area contributed by atoms with E-state index >= 15 is 0 Å². The van der Waals surface area contributed by atoms with Gasteiger partial charge in [-0.15, -0.1) is 0 Å². The number of nitrogens with zero attached hydrogens (tertiary/aromatic N) is 6. The van der Waals surface area contributed by atoms with Gasteiger partial charge in [-0.1, -0.05) is 96.3 Å². The Morgan fingerprint density at radius 2 is 0.745 bits per heavy atom. The first kappa shape index (κ1) is 36.6. The fraction of sp³-hybridized carbons (Fsp3) is 0.0588. The molecule has 0 aliphatic rings. The van der Waals surface area contributed by atoms with E-state index in [9.17, 15) is 16.8 Å². The number of pyridine rings is 4. The van der Waals surface area contributed by atoms with Gasteiger partial charge in [0.25, 0.3) is 0 Å². The van der Waals surface area contributed by atoms with E-state index in [0.717, 1.165) is 22.5 Å². The number of benzene rings is 2. The van der Waals surface area contributed by atoms with Crippen molar-refractivity contribution in [3.8, 4) is 11.4 Å². The van der Waals surface area contributed by atoms with Crippen LogP contribution >= 0.6 is 0 Å². The van der Waals surface area contributed by atoms with Crippen LogP contribution in [0.3, 0.4) is 0 Å². The molecule has 0 fully saturated rings. The number of aryl methyl sites for hydroxylation is 2. The summed E-state index contributed by atoms with van der Waals surface area (Å²) < 4.78 is 54.9. The fourth-order valence-corrected chi connectivity index (χ4v) is 5.50. The van der Waals surface area contributed by atoms with Gasteiger partial charge >= 0.3 is 19.5 Å². The summed E-state index contributed by atoms with van der Waals surface area (Å²) >= 11 is 0. The van der Waals surface area contributed by atoms with Gasteiger partial charge < -0.3 is 19.4 Å². The van der Waals surface area contributed by atoms with Gasteiger partial charge in [0, 0.05) is 12.4 Å². The standard InChI is InChI=1S/2C12H11N2O2S.C10H8N2.Zn/c2*1-10-5-7-11(8-6-10)17(15,16)14-12-4-2-3-9-13-12;1-3-7-11-9(5-1)10-6-2-4-8-12-10;/h2*2-9H,1H3;1-8H;/q2*-1;;+2. The van der Waals surface area contributed by atoms with Gasteiger partial charge in [0.05, 0.1) is 21.2 Å². The van der Waals surface area contributed by atoms with Crippen LogP contribution in [-0.4, -0.2) is 36.8 Å². The maximum absolute atomic E-state index is 11.9. The zero-order valence-corrected chi connectivity index (χ0v) is 30.3. The van der Waals surface area contributed by atoms with Gasteiger partial charge in [-0.3, -0.25) is 9.97 Å². The number of sulfonamides is 2. The number of hydrogen-bond acceptors (Lipinski definition) is 8. The summed E-state index contributed by atoms with van der Waals surface area (Å²) in [7, 11) is -7.34. The molecule has 0 amide bonds.